The Kier molecular flexibility index (Phi) is 6.06. The van der Waals surface area contributed by atoms with Crippen LogP contribution in [0.4, 0.5) is 5.69 Å². The number of esters is 1. The second kappa shape index (κ2) is 8.04. The number of rotatable bonds is 5. The first-order valence-electron chi connectivity index (χ1n) is 7.01. The monoisotopic (exact) mass is 367 g/mol. The number of amides is 1. The molecule has 0 radical (unpaired) electrons. The van der Waals surface area contributed by atoms with Gasteiger partial charge in [0.2, 0.25) is 0 Å². The van der Waals surface area contributed by atoms with Crippen LogP contribution in [0.5, 0.6) is 5.75 Å². The third-order valence-corrected chi connectivity index (χ3v) is 3.50. The highest BCUT2D eigenvalue weighted by Crippen LogP contribution is 2.23. The van der Waals surface area contributed by atoms with Crippen molar-refractivity contribution in [3.05, 3.63) is 58.1 Å². The van der Waals surface area contributed by atoms with Crippen molar-refractivity contribution in [2.75, 3.05) is 12.4 Å². The van der Waals surface area contributed by atoms with Crippen LogP contribution in [-0.4, -0.2) is 25.1 Å². The fourth-order valence-corrected chi connectivity index (χ4v) is 2.47. The average Bonchev–Trinajstić information content (AvgIpc) is 2.53. The number of carbonyl (C=O) groups is 2. The van der Waals surface area contributed by atoms with Gasteiger partial charge in [-0.15, -0.1) is 0 Å². The molecule has 1 amide bonds. The van der Waals surface area contributed by atoms with Crippen LogP contribution < -0.4 is 10.1 Å². The Balaban J connectivity index is 2.05. The van der Waals surface area contributed by atoms with Crippen LogP contribution in [-0.2, 0) is 9.53 Å². The van der Waals surface area contributed by atoms with Crippen molar-refractivity contribution >= 4 is 40.8 Å². The molecule has 2 aromatic rings. The van der Waals surface area contributed by atoms with E-state index in [-0.39, 0.29) is 5.91 Å². The van der Waals surface area contributed by atoms with Crippen molar-refractivity contribution in [1.29, 1.82) is 0 Å². The minimum absolute atomic E-state index is 0.337. The Morgan fingerprint density at radius 3 is 2.38 bits per heavy atom. The lowest BCUT2D eigenvalue weighted by Gasteiger charge is -2.15. The molecule has 0 spiro atoms. The highest BCUT2D eigenvalue weighted by molar-refractivity contribution is 6.35. The van der Waals surface area contributed by atoms with E-state index in [2.05, 4.69) is 10.1 Å². The van der Waals surface area contributed by atoms with E-state index in [0.717, 1.165) is 0 Å². The third kappa shape index (κ3) is 4.88. The molecule has 1 N–H and O–H groups in total. The van der Waals surface area contributed by atoms with Crippen molar-refractivity contribution in [3.63, 3.8) is 0 Å². The molecule has 0 bridgehead atoms. The van der Waals surface area contributed by atoms with Gasteiger partial charge in [0.15, 0.2) is 6.10 Å². The van der Waals surface area contributed by atoms with Crippen LogP contribution in [0.2, 0.25) is 10.0 Å². The summed E-state index contributed by atoms with van der Waals surface area (Å²) in [6, 6.07) is 11.1. The molecule has 0 aliphatic rings. The zero-order valence-electron chi connectivity index (χ0n) is 13.0. The Morgan fingerprint density at radius 1 is 1.08 bits per heavy atom. The summed E-state index contributed by atoms with van der Waals surface area (Å²) >= 11 is 11.8. The van der Waals surface area contributed by atoms with Gasteiger partial charge in [-0.1, -0.05) is 29.3 Å². The molecule has 0 saturated carbocycles. The number of methoxy groups -OCH3 is 1. The highest BCUT2D eigenvalue weighted by Gasteiger charge is 2.16. The number of ether oxygens (including phenoxy) is 2. The molecule has 1 atom stereocenters. The lowest BCUT2D eigenvalue weighted by molar-refractivity contribution is -0.122. The molecule has 7 heteroatoms. The van der Waals surface area contributed by atoms with Crippen molar-refractivity contribution in [2.45, 2.75) is 13.0 Å². The van der Waals surface area contributed by atoms with Crippen LogP contribution in [0.15, 0.2) is 42.5 Å². The van der Waals surface area contributed by atoms with Crippen molar-refractivity contribution in [1.82, 2.24) is 0 Å². The van der Waals surface area contributed by atoms with Gasteiger partial charge in [0, 0.05) is 15.7 Å². The number of hydrogen-bond donors (Lipinski definition) is 1. The summed E-state index contributed by atoms with van der Waals surface area (Å²) in [5.41, 5.74) is 0.806. The van der Waals surface area contributed by atoms with Gasteiger partial charge in [-0.25, -0.2) is 4.79 Å². The van der Waals surface area contributed by atoms with Gasteiger partial charge >= 0.3 is 5.97 Å². The summed E-state index contributed by atoms with van der Waals surface area (Å²) in [5, 5.41) is 3.50. The fourth-order valence-electron chi connectivity index (χ4n) is 1.94. The van der Waals surface area contributed by atoms with E-state index in [1.807, 2.05) is 0 Å². The molecule has 5 nitrogen and oxygen atoms in total. The van der Waals surface area contributed by atoms with Crippen LogP contribution >= 0.6 is 23.2 Å². The Hall–Kier alpha value is -2.24. The SMILES string of the molecule is COC(=O)c1cccc(O[C@H](C)C(=O)Nc2cc(Cl)cc(Cl)c2)c1. The minimum Gasteiger partial charge on any atom is -0.481 e. The van der Waals surface area contributed by atoms with Gasteiger partial charge in [0.05, 0.1) is 12.7 Å². The lowest BCUT2D eigenvalue weighted by Crippen LogP contribution is -2.30. The molecule has 24 heavy (non-hydrogen) atoms. The Labute approximate surface area is 149 Å². The average molecular weight is 368 g/mol. The second-order valence-electron chi connectivity index (χ2n) is 4.93. The molecule has 2 rings (SSSR count). The normalized spacial score (nSPS) is 11.5. The molecular formula is C17H15Cl2NO4. The Morgan fingerprint density at radius 2 is 1.75 bits per heavy atom. The number of carbonyl (C=O) groups excluding carboxylic acids is 2. The minimum atomic E-state index is -0.796. The first-order valence-corrected chi connectivity index (χ1v) is 7.76. The van der Waals surface area contributed by atoms with E-state index in [1.54, 1.807) is 43.3 Å². The molecule has 0 heterocycles. The molecule has 0 aliphatic heterocycles. The number of anilines is 1. The van der Waals surface area contributed by atoms with Crippen LogP contribution in [0.1, 0.15) is 17.3 Å². The van der Waals surface area contributed by atoms with Crippen LogP contribution in [0.3, 0.4) is 0 Å². The lowest BCUT2D eigenvalue weighted by atomic mass is 10.2. The predicted octanol–water partition coefficient (Wildman–Crippen LogP) is 4.19. The zero-order chi connectivity index (χ0) is 17.7. The smallest absolute Gasteiger partial charge is 0.337 e. The predicted molar refractivity (Wildman–Crippen MR) is 93.0 cm³/mol. The summed E-state index contributed by atoms with van der Waals surface area (Å²) in [4.78, 5) is 23.7. The standard InChI is InChI=1S/C17H15Cl2NO4/c1-10(16(21)20-14-8-12(18)7-13(19)9-14)24-15-5-3-4-11(6-15)17(22)23-2/h3-10H,1-2H3,(H,20,21)/t10-/m1/s1. The Bertz CT molecular complexity index is 744. The van der Waals surface area contributed by atoms with E-state index >= 15 is 0 Å². The zero-order valence-corrected chi connectivity index (χ0v) is 14.5. The highest BCUT2D eigenvalue weighted by atomic mass is 35.5. The van der Waals surface area contributed by atoms with Gasteiger partial charge in [0.25, 0.3) is 5.91 Å². The summed E-state index contributed by atoms with van der Waals surface area (Å²) < 4.78 is 10.2. The molecule has 0 aliphatic carbocycles. The number of hydrogen-bond acceptors (Lipinski definition) is 4. The number of nitrogens with one attached hydrogen (secondary N) is 1. The van der Waals surface area contributed by atoms with Crippen molar-refractivity contribution in [3.8, 4) is 5.75 Å². The van der Waals surface area contributed by atoms with E-state index in [4.69, 9.17) is 27.9 Å². The largest absolute Gasteiger partial charge is 0.481 e. The fraction of sp³-hybridized carbons (Fsp3) is 0.176. The molecule has 0 fully saturated rings. The molecule has 0 saturated heterocycles. The first-order chi connectivity index (χ1) is 11.4. The summed E-state index contributed by atoms with van der Waals surface area (Å²) in [6.07, 6.45) is -0.796. The first kappa shape index (κ1) is 18.1. The topological polar surface area (TPSA) is 64.6 Å². The third-order valence-electron chi connectivity index (χ3n) is 3.07. The van der Waals surface area contributed by atoms with E-state index in [9.17, 15) is 9.59 Å². The van der Waals surface area contributed by atoms with Crippen molar-refractivity contribution in [2.24, 2.45) is 0 Å². The van der Waals surface area contributed by atoms with Gasteiger partial charge in [-0.05, 0) is 43.3 Å². The van der Waals surface area contributed by atoms with Gasteiger partial charge in [0.1, 0.15) is 5.75 Å². The van der Waals surface area contributed by atoms with Crippen molar-refractivity contribution < 1.29 is 19.1 Å². The quantitative estimate of drug-likeness (QED) is 0.804. The maximum absolute atomic E-state index is 12.2. The van der Waals surface area contributed by atoms with Crippen LogP contribution in [0, 0.1) is 0 Å². The van der Waals surface area contributed by atoms with E-state index in [1.165, 1.54) is 13.2 Å². The molecule has 2 aromatic carbocycles. The van der Waals surface area contributed by atoms with Crippen LogP contribution in [0.25, 0.3) is 0 Å². The number of benzene rings is 2. The summed E-state index contributed by atoms with van der Waals surface area (Å²) in [6.45, 7) is 1.59. The molecule has 0 aromatic heterocycles. The second-order valence-corrected chi connectivity index (χ2v) is 5.80. The maximum atomic E-state index is 12.2. The maximum Gasteiger partial charge on any atom is 0.337 e. The van der Waals surface area contributed by atoms with E-state index in [0.29, 0.717) is 27.0 Å². The van der Waals surface area contributed by atoms with Gasteiger partial charge in [-0.3, -0.25) is 4.79 Å². The summed E-state index contributed by atoms with van der Waals surface area (Å²) in [5.74, 6) is -0.479. The molecule has 126 valence electrons. The molecule has 0 unspecified atom stereocenters. The summed E-state index contributed by atoms with van der Waals surface area (Å²) in [7, 11) is 1.29. The van der Waals surface area contributed by atoms with Gasteiger partial charge in [-0.2, -0.15) is 0 Å². The van der Waals surface area contributed by atoms with E-state index < -0.39 is 12.1 Å². The molecular weight excluding hydrogens is 353 g/mol. The number of halogens is 2. The van der Waals surface area contributed by atoms with Gasteiger partial charge < -0.3 is 14.8 Å².